The Kier molecular flexibility index (Phi) is 3.07. The van der Waals surface area contributed by atoms with Gasteiger partial charge in [0, 0.05) is 17.5 Å². The van der Waals surface area contributed by atoms with Gasteiger partial charge in [-0.3, -0.25) is 0 Å². The number of para-hydroxylation sites is 1. The van der Waals surface area contributed by atoms with Crippen LogP contribution in [0.25, 0.3) is 11.0 Å². The Balaban J connectivity index is 2.05. The third kappa shape index (κ3) is 2.14. The van der Waals surface area contributed by atoms with E-state index in [-0.39, 0.29) is 6.04 Å². The Morgan fingerprint density at radius 3 is 2.74 bits per heavy atom. The molecule has 0 aliphatic heterocycles. The van der Waals surface area contributed by atoms with Crippen molar-refractivity contribution in [1.29, 1.82) is 0 Å². The van der Waals surface area contributed by atoms with Crippen LogP contribution in [0.4, 0.5) is 0 Å². The van der Waals surface area contributed by atoms with Gasteiger partial charge in [-0.15, -0.1) is 0 Å². The Bertz CT molecular complexity index is 703. The molecule has 0 aliphatic rings. The molecule has 0 saturated heterocycles. The molecular formula is C16H16N2O. The molecule has 19 heavy (non-hydrogen) atoms. The highest BCUT2D eigenvalue weighted by Crippen LogP contribution is 2.29. The standard InChI is InChI=1S/C16H16N2O/c17-9-11-4-3-5-12(8-11)16(18)14-10-19-15-7-2-1-6-13(14)15/h1-8,10,16H,9,17-18H2. The Hall–Kier alpha value is -2.10. The van der Waals surface area contributed by atoms with Gasteiger partial charge in [-0.1, -0.05) is 42.5 Å². The zero-order valence-corrected chi connectivity index (χ0v) is 10.5. The fourth-order valence-corrected chi connectivity index (χ4v) is 2.33. The highest BCUT2D eigenvalue weighted by Gasteiger charge is 2.15. The molecule has 3 nitrogen and oxygen atoms in total. The molecule has 0 saturated carbocycles. The smallest absolute Gasteiger partial charge is 0.134 e. The van der Waals surface area contributed by atoms with Crippen molar-refractivity contribution in [3.63, 3.8) is 0 Å². The second-order valence-electron chi connectivity index (χ2n) is 4.61. The van der Waals surface area contributed by atoms with Crippen LogP contribution in [0.1, 0.15) is 22.7 Å². The molecule has 3 heteroatoms. The summed E-state index contributed by atoms with van der Waals surface area (Å²) in [5.74, 6) is 0. The zero-order valence-electron chi connectivity index (χ0n) is 10.5. The predicted molar refractivity (Wildman–Crippen MR) is 76.6 cm³/mol. The van der Waals surface area contributed by atoms with E-state index in [0.29, 0.717) is 6.54 Å². The van der Waals surface area contributed by atoms with Crippen LogP contribution in [0.5, 0.6) is 0 Å². The quantitative estimate of drug-likeness (QED) is 0.753. The van der Waals surface area contributed by atoms with Crippen LogP contribution >= 0.6 is 0 Å². The maximum Gasteiger partial charge on any atom is 0.134 e. The summed E-state index contributed by atoms with van der Waals surface area (Å²) in [6.45, 7) is 0.521. The molecule has 3 aromatic rings. The van der Waals surface area contributed by atoms with Gasteiger partial charge in [-0.05, 0) is 17.2 Å². The average molecular weight is 252 g/mol. The second-order valence-corrected chi connectivity index (χ2v) is 4.61. The lowest BCUT2D eigenvalue weighted by molar-refractivity contribution is 0.607. The van der Waals surface area contributed by atoms with Crippen LogP contribution in [0, 0.1) is 0 Å². The van der Waals surface area contributed by atoms with Crippen molar-refractivity contribution in [2.45, 2.75) is 12.6 Å². The van der Waals surface area contributed by atoms with Crippen LogP contribution < -0.4 is 11.5 Å². The summed E-state index contributed by atoms with van der Waals surface area (Å²) in [6, 6.07) is 15.8. The van der Waals surface area contributed by atoms with E-state index < -0.39 is 0 Å². The summed E-state index contributed by atoms with van der Waals surface area (Å²) in [4.78, 5) is 0. The molecule has 1 heterocycles. The van der Waals surface area contributed by atoms with E-state index in [2.05, 4.69) is 0 Å². The Morgan fingerprint density at radius 2 is 1.89 bits per heavy atom. The summed E-state index contributed by atoms with van der Waals surface area (Å²) in [5, 5.41) is 1.06. The summed E-state index contributed by atoms with van der Waals surface area (Å²) in [7, 11) is 0. The summed E-state index contributed by atoms with van der Waals surface area (Å²) in [5.41, 5.74) is 16.0. The Morgan fingerprint density at radius 1 is 1.05 bits per heavy atom. The van der Waals surface area contributed by atoms with Crippen molar-refractivity contribution in [2.24, 2.45) is 11.5 Å². The lowest BCUT2D eigenvalue weighted by Gasteiger charge is -2.11. The number of hydrogen-bond acceptors (Lipinski definition) is 3. The van der Waals surface area contributed by atoms with Crippen LogP contribution in [-0.2, 0) is 6.54 Å². The van der Waals surface area contributed by atoms with E-state index in [4.69, 9.17) is 15.9 Å². The van der Waals surface area contributed by atoms with Gasteiger partial charge in [0.2, 0.25) is 0 Å². The number of benzene rings is 2. The maximum absolute atomic E-state index is 6.35. The first-order chi connectivity index (χ1) is 9.29. The lowest BCUT2D eigenvalue weighted by Crippen LogP contribution is -2.12. The largest absolute Gasteiger partial charge is 0.464 e. The normalized spacial score (nSPS) is 12.7. The van der Waals surface area contributed by atoms with Crippen LogP contribution in [0.15, 0.2) is 59.2 Å². The first-order valence-electron chi connectivity index (χ1n) is 6.30. The van der Waals surface area contributed by atoms with Crippen molar-refractivity contribution in [3.05, 3.63) is 71.5 Å². The highest BCUT2D eigenvalue weighted by molar-refractivity contribution is 5.81. The molecular weight excluding hydrogens is 236 g/mol. The molecule has 1 atom stereocenters. The molecule has 0 spiro atoms. The number of hydrogen-bond donors (Lipinski definition) is 2. The van der Waals surface area contributed by atoms with E-state index in [9.17, 15) is 0 Å². The minimum absolute atomic E-state index is 0.199. The zero-order chi connectivity index (χ0) is 13.2. The molecule has 0 radical (unpaired) electrons. The maximum atomic E-state index is 6.35. The number of furan rings is 1. The van der Waals surface area contributed by atoms with E-state index in [1.165, 1.54) is 0 Å². The van der Waals surface area contributed by atoms with Gasteiger partial charge >= 0.3 is 0 Å². The van der Waals surface area contributed by atoms with Gasteiger partial charge in [0.15, 0.2) is 0 Å². The van der Waals surface area contributed by atoms with Gasteiger partial charge in [0.25, 0.3) is 0 Å². The molecule has 4 N–H and O–H groups in total. The molecule has 1 aromatic heterocycles. The first-order valence-corrected chi connectivity index (χ1v) is 6.30. The predicted octanol–water partition coefficient (Wildman–Crippen LogP) is 2.94. The molecule has 0 fully saturated rings. The number of rotatable bonds is 3. The van der Waals surface area contributed by atoms with E-state index in [0.717, 1.165) is 27.7 Å². The van der Waals surface area contributed by atoms with Crippen LogP contribution in [0.2, 0.25) is 0 Å². The van der Waals surface area contributed by atoms with E-state index in [1.807, 2.05) is 48.5 Å². The van der Waals surface area contributed by atoms with Gasteiger partial charge in [0.05, 0.1) is 12.3 Å². The van der Waals surface area contributed by atoms with Gasteiger partial charge in [0.1, 0.15) is 5.58 Å². The average Bonchev–Trinajstić information content (AvgIpc) is 2.90. The molecule has 3 rings (SSSR count). The summed E-state index contributed by atoms with van der Waals surface area (Å²) < 4.78 is 5.54. The second kappa shape index (κ2) is 4.88. The Labute approximate surface area is 111 Å². The molecule has 96 valence electrons. The van der Waals surface area contributed by atoms with Crippen LogP contribution in [-0.4, -0.2) is 0 Å². The molecule has 1 unspecified atom stereocenters. The van der Waals surface area contributed by atoms with Crippen molar-refractivity contribution in [1.82, 2.24) is 0 Å². The minimum atomic E-state index is -0.199. The minimum Gasteiger partial charge on any atom is -0.464 e. The summed E-state index contributed by atoms with van der Waals surface area (Å²) >= 11 is 0. The third-order valence-corrected chi connectivity index (χ3v) is 3.39. The molecule has 0 aliphatic carbocycles. The van der Waals surface area contributed by atoms with Crippen molar-refractivity contribution in [2.75, 3.05) is 0 Å². The first kappa shape index (κ1) is 12.0. The van der Waals surface area contributed by atoms with Gasteiger partial charge < -0.3 is 15.9 Å². The summed E-state index contributed by atoms with van der Waals surface area (Å²) in [6.07, 6.45) is 1.74. The molecule has 0 bridgehead atoms. The molecule has 2 aromatic carbocycles. The van der Waals surface area contributed by atoms with Crippen molar-refractivity contribution in [3.8, 4) is 0 Å². The topological polar surface area (TPSA) is 65.2 Å². The van der Waals surface area contributed by atoms with Crippen LogP contribution in [0.3, 0.4) is 0 Å². The van der Waals surface area contributed by atoms with E-state index >= 15 is 0 Å². The van der Waals surface area contributed by atoms with Crippen molar-refractivity contribution < 1.29 is 4.42 Å². The lowest BCUT2D eigenvalue weighted by atomic mass is 9.97. The highest BCUT2D eigenvalue weighted by atomic mass is 16.3. The fraction of sp³-hybridized carbons (Fsp3) is 0.125. The SMILES string of the molecule is NCc1cccc(C(N)c2coc3ccccc23)c1. The third-order valence-electron chi connectivity index (χ3n) is 3.39. The fourth-order valence-electron chi connectivity index (χ4n) is 2.33. The molecule has 0 amide bonds. The van der Waals surface area contributed by atoms with Gasteiger partial charge in [-0.25, -0.2) is 0 Å². The van der Waals surface area contributed by atoms with E-state index in [1.54, 1.807) is 6.26 Å². The van der Waals surface area contributed by atoms with Gasteiger partial charge in [-0.2, -0.15) is 0 Å². The number of nitrogens with two attached hydrogens (primary N) is 2. The number of fused-ring (bicyclic) bond motifs is 1. The monoisotopic (exact) mass is 252 g/mol. The van der Waals surface area contributed by atoms with Crippen molar-refractivity contribution >= 4 is 11.0 Å².